The number of nitrogens with zero attached hydrogens (tertiary/aromatic N) is 2. The first-order valence-corrected chi connectivity index (χ1v) is 10.0. The highest BCUT2D eigenvalue weighted by Gasteiger charge is 2.46. The van der Waals surface area contributed by atoms with Crippen molar-refractivity contribution in [3.8, 4) is 5.75 Å². The highest BCUT2D eigenvalue weighted by molar-refractivity contribution is 6.46. The molecular formula is C22H22Cl2N2O4. The van der Waals surface area contributed by atoms with Gasteiger partial charge in [-0.3, -0.25) is 9.59 Å². The van der Waals surface area contributed by atoms with E-state index in [2.05, 4.69) is 0 Å². The van der Waals surface area contributed by atoms with Crippen molar-refractivity contribution in [3.05, 3.63) is 69.2 Å². The van der Waals surface area contributed by atoms with Gasteiger partial charge in [0.1, 0.15) is 11.5 Å². The van der Waals surface area contributed by atoms with Crippen molar-refractivity contribution >= 4 is 40.7 Å². The van der Waals surface area contributed by atoms with Crippen molar-refractivity contribution in [1.82, 2.24) is 9.80 Å². The second-order valence-electron chi connectivity index (χ2n) is 7.20. The number of carbonyl (C=O) groups is 2. The number of aliphatic hydroxyl groups excluding tert-OH is 1. The van der Waals surface area contributed by atoms with Crippen molar-refractivity contribution in [2.45, 2.75) is 6.04 Å². The first-order chi connectivity index (χ1) is 14.2. The van der Waals surface area contributed by atoms with Crippen molar-refractivity contribution in [1.29, 1.82) is 0 Å². The number of amides is 1. The van der Waals surface area contributed by atoms with E-state index >= 15 is 0 Å². The Morgan fingerprint density at radius 1 is 1.17 bits per heavy atom. The highest BCUT2D eigenvalue weighted by Crippen LogP contribution is 2.40. The zero-order valence-electron chi connectivity index (χ0n) is 16.9. The fourth-order valence-corrected chi connectivity index (χ4v) is 3.87. The van der Waals surface area contributed by atoms with E-state index in [0.717, 1.165) is 0 Å². The van der Waals surface area contributed by atoms with Gasteiger partial charge in [-0.15, -0.1) is 0 Å². The van der Waals surface area contributed by atoms with Crippen LogP contribution in [0.2, 0.25) is 10.0 Å². The Labute approximate surface area is 185 Å². The average molecular weight is 449 g/mol. The number of carbonyl (C=O) groups excluding carboxylic acids is 2. The summed E-state index contributed by atoms with van der Waals surface area (Å²) >= 11 is 12.4. The Balaban J connectivity index is 2.16. The van der Waals surface area contributed by atoms with Gasteiger partial charge in [0, 0.05) is 23.7 Å². The van der Waals surface area contributed by atoms with Crippen LogP contribution in [0.4, 0.5) is 0 Å². The maximum Gasteiger partial charge on any atom is 0.295 e. The van der Waals surface area contributed by atoms with Crippen LogP contribution in [0.1, 0.15) is 17.2 Å². The second kappa shape index (κ2) is 9.08. The third-order valence-corrected chi connectivity index (χ3v) is 5.45. The number of ether oxygens (including phenoxy) is 1. The van der Waals surface area contributed by atoms with Crippen LogP contribution in [0, 0.1) is 0 Å². The highest BCUT2D eigenvalue weighted by atomic mass is 35.5. The molecule has 1 saturated heterocycles. The van der Waals surface area contributed by atoms with Gasteiger partial charge in [-0.25, -0.2) is 0 Å². The number of likely N-dealkylation sites (N-methyl/N-ethyl adjacent to an activating group) is 1. The first-order valence-electron chi connectivity index (χ1n) is 9.27. The summed E-state index contributed by atoms with van der Waals surface area (Å²) < 4.78 is 5.14. The topological polar surface area (TPSA) is 70.1 Å². The molecule has 1 unspecified atom stereocenters. The molecule has 1 fully saturated rings. The van der Waals surface area contributed by atoms with Gasteiger partial charge < -0.3 is 19.6 Å². The number of Topliss-reactive ketones (excluding diaryl/α,β-unsaturated/α-hetero) is 1. The minimum Gasteiger partial charge on any atom is -0.507 e. The summed E-state index contributed by atoms with van der Waals surface area (Å²) in [6.45, 7) is 0.868. The molecule has 1 N–H and O–H groups in total. The second-order valence-corrected chi connectivity index (χ2v) is 8.04. The minimum atomic E-state index is -0.760. The zero-order chi connectivity index (χ0) is 22.0. The van der Waals surface area contributed by atoms with Crippen LogP contribution in [-0.2, 0) is 9.59 Å². The van der Waals surface area contributed by atoms with Gasteiger partial charge in [0.15, 0.2) is 0 Å². The number of hydrogen-bond acceptors (Lipinski definition) is 5. The number of methoxy groups -OCH3 is 1. The number of likely N-dealkylation sites (tertiary alicyclic amines) is 1. The third kappa shape index (κ3) is 4.31. The molecule has 1 atom stereocenters. The smallest absolute Gasteiger partial charge is 0.295 e. The number of ketones is 1. The number of benzene rings is 2. The molecule has 1 amide bonds. The summed E-state index contributed by atoms with van der Waals surface area (Å²) in [5, 5.41) is 11.8. The van der Waals surface area contributed by atoms with Crippen molar-refractivity contribution in [2.75, 3.05) is 34.3 Å². The molecule has 3 rings (SSSR count). The van der Waals surface area contributed by atoms with E-state index < -0.39 is 17.7 Å². The summed E-state index contributed by atoms with van der Waals surface area (Å²) in [6.07, 6.45) is 0. The van der Waals surface area contributed by atoms with Crippen molar-refractivity contribution in [3.63, 3.8) is 0 Å². The molecule has 1 heterocycles. The average Bonchev–Trinajstić information content (AvgIpc) is 2.96. The van der Waals surface area contributed by atoms with E-state index in [0.29, 0.717) is 35.0 Å². The van der Waals surface area contributed by atoms with Crippen molar-refractivity contribution < 1.29 is 19.4 Å². The van der Waals surface area contributed by atoms with Crippen LogP contribution >= 0.6 is 23.2 Å². The van der Waals surface area contributed by atoms with E-state index in [9.17, 15) is 14.7 Å². The largest absolute Gasteiger partial charge is 0.507 e. The van der Waals surface area contributed by atoms with E-state index in [1.165, 1.54) is 18.1 Å². The molecule has 8 heteroatoms. The van der Waals surface area contributed by atoms with Gasteiger partial charge in [-0.2, -0.15) is 0 Å². The number of aliphatic hydroxyl groups is 1. The maximum atomic E-state index is 12.9. The third-order valence-electron chi connectivity index (χ3n) is 4.92. The summed E-state index contributed by atoms with van der Waals surface area (Å²) in [5.41, 5.74) is 0.960. The molecule has 158 valence electrons. The molecule has 0 bridgehead atoms. The minimum absolute atomic E-state index is 0.00209. The van der Waals surface area contributed by atoms with E-state index in [1.807, 2.05) is 19.0 Å². The lowest BCUT2D eigenvalue weighted by atomic mass is 9.95. The van der Waals surface area contributed by atoms with E-state index in [-0.39, 0.29) is 16.4 Å². The quantitative estimate of drug-likeness (QED) is 0.411. The fraction of sp³-hybridized carbons (Fsp3) is 0.273. The monoisotopic (exact) mass is 448 g/mol. The molecule has 2 aromatic rings. The first kappa shape index (κ1) is 22.2. The molecule has 0 radical (unpaired) electrons. The Bertz CT molecular complexity index is 1020. The standard InChI is InChI=1S/C22H22Cl2N2O4/c1-25(2)9-10-26-19(13-5-4-6-15(23)11-13)18(21(28)22(26)29)20(27)14-7-8-17(30-3)16(24)12-14/h4-8,11-12,19,27H,9-10H2,1-3H3. The van der Waals surface area contributed by atoms with E-state index in [4.69, 9.17) is 27.9 Å². The van der Waals surface area contributed by atoms with Crippen molar-refractivity contribution in [2.24, 2.45) is 0 Å². The molecule has 1 aliphatic heterocycles. The molecule has 2 aromatic carbocycles. The Morgan fingerprint density at radius 2 is 1.90 bits per heavy atom. The Morgan fingerprint density at radius 3 is 2.50 bits per heavy atom. The molecular weight excluding hydrogens is 427 g/mol. The van der Waals surface area contributed by atoms with Crippen LogP contribution in [0.3, 0.4) is 0 Å². The van der Waals surface area contributed by atoms with Gasteiger partial charge in [0.25, 0.3) is 11.7 Å². The van der Waals surface area contributed by atoms with Gasteiger partial charge in [-0.05, 0) is 50.0 Å². The van der Waals surface area contributed by atoms with Gasteiger partial charge in [0.05, 0.1) is 23.7 Å². The number of hydrogen-bond donors (Lipinski definition) is 1. The lowest BCUT2D eigenvalue weighted by molar-refractivity contribution is -0.140. The molecule has 0 aliphatic carbocycles. The molecule has 6 nitrogen and oxygen atoms in total. The number of rotatable bonds is 6. The lowest BCUT2D eigenvalue weighted by Crippen LogP contribution is -2.35. The zero-order valence-corrected chi connectivity index (χ0v) is 18.4. The molecule has 30 heavy (non-hydrogen) atoms. The van der Waals surface area contributed by atoms with Gasteiger partial charge >= 0.3 is 0 Å². The normalized spacial score (nSPS) is 18.3. The van der Waals surface area contributed by atoms with Crippen LogP contribution in [0.25, 0.3) is 5.76 Å². The summed E-state index contributed by atoms with van der Waals surface area (Å²) in [4.78, 5) is 29.1. The maximum absolute atomic E-state index is 12.9. The molecule has 1 aliphatic rings. The van der Waals surface area contributed by atoms with Gasteiger partial charge in [0.2, 0.25) is 0 Å². The predicted molar refractivity (Wildman–Crippen MR) is 117 cm³/mol. The summed E-state index contributed by atoms with van der Waals surface area (Å²) in [7, 11) is 5.24. The molecule has 0 aromatic heterocycles. The van der Waals surface area contributed by atoms with Crippen LogP contribution in [-0.4, -0.2) is 60.9 Å². The lowest BCUT2D eigenvalue weighted by Gasteiger charge is -2.26. The molecule has 0 spiro atoms. The van der Waals surface area contributed by atoms with Gasteiger partial charge in [-0.1, -0.05) is 35.3 Å². The SMILES string of the molecule is COc1ccc(C(O)=C2C(=O)C(=O)N(CCN(C)C)C2c2cccc(Cl)c2)cc1Cl. The van der Waals surface area contributed by atoms with E-state index in [1.54, 1.807) is 36.4 Å². The molecule has 0 saturated carbocycles. The predicted octanol–water partition coefficient (Wildman–Crippen LogP) is 3.99. The van der Waals surface area contributed by atoms with Crippen LogP contribution in [0.5, 0.6) is 5.75 Å². The van der Waals surface area contributed by atoms with Crippen LogP contribution < -0.4 is 4.74 Å². The summed E-state index contributed by atoms with van der Waals surface area (Å²) in [6, 6.07) is 10.8. The Kier molecular flexibility index (Phi) is 6.71. The fourth-order valence-electron chi connectivity index (χ4n) is 3.41. The van der Waals surface area contributed by atoms with Crippen LogP contribution in [0.15, 0.2) is 48.0 Å². The summed E-state index contributed by atoms with van der Waals surface area (Å²) in [5.74, 6) is -1.27. The Hall–Kier alpha value is -2.54. The number of halogens is 2.